The standard InChI is InChI=1S/C15H23NO3S/c1-11-4-6-16(7-5-11)20(18,19)15-9-14(10-17)12(2)8-13(15)3/h8-9,11,17H,4-7,10H2,1-3H3. The molecule has 0 amide bonds. The first-order valence-corrected chi connectivity index (χ1v) is 8.51. The molecule has 0 spiro atoms. The lowest BCUT2D eigenvalue weighted by Crippen LogP contribution is -2.38. The van der Waals surface area contributed by atoms with E-state index in [2.05, 4.69) is 6.92 Å². The fourth-order valence-electron chi connectivity index (χ4n) is 2.69. The minimum absolute atomic E-state index is 0.133. The van der Waals surface area contributed by atoms with Crippen molar-refractivity contribution in [1.29, 1.82) is 0 Å². The summed E-state index contributed by atoms with van der Waals surface area (Å²) in [5.41, 5.74) is 2.36. The van der Waals surface area contributed by atoms with Crippen LogP contribution in [0.15, 0.2) is 17.0 Å². The van der Waals surface area contributed by atoms with Crippen LogP contribution in [-0.4, -0.2) is 30.9 Å². The summed E-state index contributed by atoms with van der Waals surface area (Å²) in [7, 11) is -3.44. The van der Waals surface area contributed by atoms with Gasteiger partial charge in [0.25, 0.3) is 0 Å². The summed E-state index contributed by atoms with van der Waals surface area (Å²) in [4.78, 5) is 0.335. The van der Waals surface area contributed by atoms with Gasteiger partial charge in [-0.2, -0.15) is 4.31 Å². The molecule has 112 valence electrons. The van der Waals surface area contributed by atoms with E-state index in [0.717, 1.165) is 24.0 Å². The normalized spacial score (nSPS) is 18.4. The minimum atomic E-state index is -3.44. The maximum absolute atomic E-state index is 12.7. The Labute approximate surface area is 121 Å². The molecule has 1 aromatic carbocycles. The van der Waals surface area contributed by atoms with E-state index in [4.69, 9.17) is 0 Å². The van der Waals surface area contributed by atoms with Gasteiger partial charge in [0, 0.05) is 13.1 Å². The number of piperidine rings is 1. The van der Waals surface area contributed by atoms with E-state index >= 15 is 0 Å². The predicted molar refractivity (Wildman–Crippen MR) is 79.0 cm³/mol. The first kappa shape index (κ1) is 15.5. The fourth-order valence-corrected chi connectivity index (χ4v) is 4.41. The highest BCUT2D eigenvalue weighted by molar-refractivity contribution is 7.89. The molecule has 0 bridgehead atoms. The van der Waals surface area contributed by atoms with Gasteiger partial charge in [0.05, 0.1) is 11.5 Å². The van der Waals surface area contributed by atoms with Crippen molar-refractivity contribution in [3.63, 3.8) is 0 Å². The highest BCUT2D eigenvalue weighted by Gasteiger charge is 2.29. The molecule has 0 aliphatic carbocycles. The molecule has 20 heavy (non-hydrogen) atoms. The van der Waals surface area contributed by atoms with Crippen LogP contribution >= 0.6 is 0 Å². The van der Waals surface area contributed by atoms with E-state index in [9.17, 15) is 13.5 Å². The Morgan fingerprint density at radius 3 is 2.35 bits per heavy atom. The number of hydrogen-bond donors (Lipinski definition) is 1. The lowest BCUT2D eigenvalue weighted by Gasteiger charge is -2.30. The molecule has 1 aliphatic rings. The van der Waals surface area contributed by atoms with Gasteiger partial charge in [-0.3, -0.25) is 0 Å². The lowest BCUT2D eigenvalue weighted by molar-refractivity contribution is 0.280. The van der Waals surface area contributed by atoms with Crippen LogP contribution in [0.1, 0.15) is 36.5 Å². The van der Waals surface area contributed by atoms with Gasteiger partial charge in [-0.1, -0.05) is 13.0 Å². The summed E-state index contributed by atoms with van der Waals surface area (Å²) in [5.74, 6) is 0.591. The molecule has 1 saturated heterocycles. The largest absolute Gasteiger partial charge is 0.392 e. The van der Waals surface area contributed by atoms with E-state index in [0.29, 0.717) is 29.5 Å². The third-order valence-electron chi connectivity index (χ3n) is 4.16. The topological polar surface area (TPSA) is 57.6 Å². The molecule has 1 N–H and O–H groups in total. The Hall–Kier alpha value is -0.910. The quantitative estimate of drug-likeness (QED) is 0.930. The Bertz CT molecular complexity index is 587. The number of aliphatic hydroxyl groups is 1. The zero-order chi connectivity index (χ0) is 14.9. The Morgan fingerprint density at radius 2 is 1.80 bits per heavy atom. The van der Waals surface area contributed by atoms with Crippen LogP contribution < -0.4 is 0 Å². The predicted octanol–water partition coefficient (Wildman–Crippen LogP) is 2.22. The van der Waals surface area contributed by atoms with Crippen molar-refractivity contribution in [1.82, 2.24) is 4.31 Å². The molecule has 1 aromatic rings. The second kappa shape index (κ2) is 5.84. The highest BCUT2D eigenvalue weighted by Crippen LogP contribution is 2.27. The van der Waals surface area contributed by atoms with Crippen molar-refractivity contribution in [2.75, 3.05) is 13.1 Å². The number of sulfonamides is 1. The number of nitrogens with zero attached hydrogens (tertiary/aromatic N) is 1. The Morgan fingerprint density at radius 1 is 1.20 bits per heavy atom. The third kappa shape index (κ3) is 2.90. The maximum atomic E-state index is 12.7. The number of rotatable bonds is 3. The van der Waals surface area contributed by atoms with Crippen LogP contribution in [0.5, 0.6) is 0 Å². The molecular weight excluding hydrogens is 274 g/mol. The van der Waals surface area contributed by atoms with Crippen LogP contribution in [0.2, 0.25) is 0 Å². The van der Waals surface area contributed by atoms with Crippen molar-refractivity contribution >= 4 is 10.0 Å². The van der Waals surface area contributed by atoms with Crippen molar-refractivity contribution in [2.45, 2.75) is 45.1 Å². The molecule has 0 saturated carbocycles. The second-order valence-corrected chi connectivity index (χ2v) is 7.70. The zero-order valence-corrected chi connectivity index (χ0v) is 13.2. The van der Waals surface area contributed by atoms with E-state index in [-0.39, 0.29) is 6.61 Å². The van der Waals surface area contributed by atoms with E-state index < -0.39 is 10.0 Å². The van der Waals surface area contributed by atoms with Crippen molar-refractivity contribution in [2.24, 2.45) is 5.92 Å². The summed E-state index contributed by atoms with van der Waals surface area (Å²) in [6.45, 7) is 6.90. The molecule has 4 nitrogen and oxygen atoms in total. The Balaban J connectivity index is 2.39. The van der Waals surface area contributed by atoms with Crippen molar-refractivity contribution < 1.29 is 13.5 Å². The summed E-state index contributed by atoms with van der Waals surface area (Å²) in [5, 5.41) is 9.34. The Kier molecular flexibility index (Phi) is 4.52. The molecule has 0 aromatic heterocycles. The minimum Gasteiger partial charge on any atom is -0.392 e. The molecule has 5 heteroatoms. The molecule has 0 radical (unpaired) electrons. The first-order valence-electron chi connectivity index (χ1n) is 7.07. The average molecular weight is 297 g/mol. The van der Waals surface area contributed by atoms with E-state index in [1.165, 1.54) is 0 Å². The van der Waals surface area contributed by atoms with Gasteiger partial charge in [0.2, 0.25) is 10.0 Å². The molecule has 0 atom stereocenters. The number of hydrogen-bond acceptors (Lipinski definition) is 3. The smallest absolute Gasteiger partial charge is 0.243 e. The maximum Gasteiger partial charge on any atom is 0.243 e. The highest BCUT2D eigenvalue weighted by atomic mass is 32.2. The van der Waals surface area contributed by atoms with Gasteiger partial charge in [-0.15, -0.1) is 0 Å². The van der Waals surface area contributed by atoms with Gasteiger partial charge in [0.15, 0.2) is 0 Å². The lowest BCUT2D eigenvalue weighted by atomic mass is 10.0. The SMILES string of the molecule is Cc1cc(C)c(S(=O)(=O)N2CCC(C)CC2)cc1CO. The average Bonchev–Trinajstić information content (AvgIpc) is 2.39. The van der Waals surface area contributed by atoms with Crippen LogP contribution in [0, 0.1) is 19.8 Å². The zero-order valence-electron chi connectivity index (χ0n) is 12.4. The molecule has 0 unspecified atom stereocenters. The summed E-state index contributed by atoms with van der Waals surface area (Å²) < 4.78 is 27.1. The first-order chi connectivity index (χ1) is 9.36. The molecule has 1 fully saturated rings. The molecule has 1 aliphatic heterocycles. The number of aryl methyl sites for hydroxylation is 2. The summed E-state index contributed by atoms with van der Waals surface area (Å²) >= 11 is 0. The summed E-state index contributed by atoms with van der Waals surface area (Å²) in [6.07, 6.45) is 1.83. The van der Waals surface area contributed by atoms with Crippen LogP contribution in [0.4, 0.5) is 0 Å². The van der Waals surface area contributed by atoms with Crippen molar-refractivity contribution in [3.05, 3.63) is 28.8 Å². The monoisotopic (exact) mass is 297 g/mol. The van der Waals surface area contributed by atoms with Gasteiger partial charge in [0.1, 0.15) is 0 Å². The second-order valence-electron chi connectivity index (χ2n) is 5.79. The van der Waals surface area contributed by atoms with E-state index in [1.807, 2.05) is 19.9 Å². The van der Waals surface area contributed by atoms with Crippen molar-refractivity contribution in [3.8, 4) is 0 Å². The van der Waals surface area contributed by atoms with Gasteiger partial charge >= 0.3 is 0 Å². The van der Waals surface area contributed by atoms with E-state index in [1.54, 1.807) is 10.4 Å². The van der Waals surface area contributed by atoms with Crippen LogP contribution in [-0.2, 0) is 16.6 Å². The molecule has 2 rings (SSSR count). The third-order valence-corrected chi connectivity index (χ3v) is 6.20. The van der Waals surface area contributed by atoms with Gasteiger partial charge in [-0.05, 0) is 55.4 Å². The van der Waals surface area contributed by atoms with Gasteiger partial charge < -0.3 is 5.11 Å². The van der Waals surface area contributed by atoms with Crippen LogP contribution in [0.3, 0.4) is 0 Å². The fraction of sp³-hybridized carbons (Fsp3) is 0.600. The molecular formula is C15H23NO3S. The van der Waals surface area contributed by atoms with Crippen LogP contribution in [0.25, 0.3) is 0 Å². The number of aliphatic hydroxyl groups excluding tert-OH is 1. The molecule has 1 heterocycles. The summed E-state index contributed by atoms with van der Waals surface area (Å²) in [6, 6.07) is 3.46. The van der Waals surface area contributed by atoms with Gasteiger partial charge in [-0.25, -0.2) is 8.42 Å². The number of benzene rings is 1.